The van der Waals surface area contributed by atoms with Crippen LogP contribution in [0.4, 0.5) is 0 Å². The van der Waals surface area contributed by atoms with Gasteiger partial charge in [-0.3, -0.25) is 4.79 Å². The minimum Gasteiger partial charge on any atom is -0.490 e. The zero-order chi connectivity index (χ0) is 15.7. The molecule has 21 heavy (non-hydrogen) atoms. The first-order valence-electron chi connectivity index (χ1n) is 8.11. The van der Waals surface area contributed by atoms with Crippen LogP contribution < -0.4 is 9.47 Å². The van der Waals surface area contributed by atoms with E-state index in [4.69, 9.17) is 9.47 Å². The normalized spacial score (nSPS) is 10.7. The van der Waals surface area contributed by atoms with E-state index in [1.165, 1.54) is 0 Å². The van der Waals surface area contributed by atoms with E-state index in [2.05, 4.69) is 27.7 Å². The number of ether oxygens (including phenoxy) is 2. The molecule has 0 aliphatic rings. The molecule has 0 aliphatic carbocycles. The summed E-state index contributed by atoms with van der Waals surface area (Å²) in [5.41, 5.74) is 0.721. The van der Waals surface area contributed by atoms with E-state index in [1.54, 1.807) is 0 Å². The predicted molar refractivity (Wildman–Crippen MR) is 86.4 cm³/mol. The number of hydrogen-bond acceptors (Lipinski definition) is 3. The number of carbonyl (C=O) groups is 1. The summed E-state index contributed by atoms with van der Waals surface area (Å²) < 4.78 is 11.4. The van der Waals surface area contributed by atoms with Gasteiger partial charge in [-0.1, -0.05) is 27.7 Å². The zero-order valence-corrected chi connectivity index (χ0v) is 13.8. The highest BCUT2D eigenvalue weighted by Gasteiger charge is 2.18. The van der Waals surface area contributed by atoms with Crippen molar-refractivity contribution < 1.29 is 14.3 Å². The Kier molecular flexibility index (Phi) is 7.88. The third kappa shape index (κ3) is 5.07. The Morgan fingerprint density at radius 1 is 0.952 bits per heavy atom. The summed E-state index contributed by atoms with van der Waals surface area (Å²) in [5, 5.41) is 0. The van der Waals surface area contributed by atoms with Crippen molar-refractivity contribution in [3.63, 3.8) is 0 Å². The maximum atomic E-state index is 12.5. The second-order valence-electron chi connectivity index (χ2n) is 5.24. The van der Waals surface area contributed by atoms with Gasteiger partial charge in [-0.2, -0.15) is 0 Å². The van der Waals surface area contributed by atoms with Gasteiger partial charge in [0, 0.05) is 11.5 Å². The number of benzene rings is 1. The first kappa shape index (κ1) is 17.5. The SMILES string of the molecule is CCCOc1ccc(C(=O)C(CC)CC)cc1OCCC. The summed E-state index contributed by atoms with van der Waals surface area (Å²) >= 11 is 0. The van der Waals surface area contributed by atoms with Crippen LogP contribution in [0.1, 0.15) is 63.7 Å². The van der Waals surface area contributed by atoms with Gasteiger partial charge in [0.15, 0.2) is 17.3 Å². The van der Waals surface area contributed by atoms with E-state index in [0.29, 0.717) is 19.0 Å². The summed E-state index contributed by atoms with van der Waals surface area (Å²) in [5.74, 6) is 1.70. The molecule has 0 N–H and O–H groups in total. The van der Waals surface area contributed by atoms with Gasteiger partial charge >= 0.3 is 0 Å². The van der Waals surface area contributed by atoms with Gasteiger partial charge in [-0.05, 0) is 43.9 Å². The molecular formula is C18H28O3. The second-order valence-corrected chi connectivity index (χ2v) is 5.24. The summed E-state index contributed by atoms with van der Waals surface area (Å²) in [4.78, 5) is 12.5. The van der Waals surface area contributed by atoms with Crippen molar-refractivity contribution in [3.8, 4) is 11.5 Å². The largest absolute Gasteiger partial charge is 0.490 e. The smallest absolute Gasteiger partial charge is 0.166 e. The molecule has 0 saturated heterocycles. The van der Waals surface area contributed by atoms with Crippen molar-refractivity contribution in [1.82, 2.24) is 0 Å². The fourth-order valence-corrected chi connectivity index (χ4v) is 2.21. The van der Waals surface area contributed by atoms with Crippen LogP contribution in [0.15, 0.2) is 18.2 Å². The van der Waals surface area contributed by atoms with Crippen molar-refractivity contribution in [2.24, 2.45) is 5.92 Å². The lowest BCUT2D eigenvalue weighted by molar-refractivity contribution is 0.0913. The van der Waals surface area contributed by atoms with Gasteiger partial charge in [0.2, 0.25) is 0 Å². The molecule has 1 aromatic rings. The maximum Gasteiger partial charge on any atom is 0.166 e. The van der Waals surface area contributed by atoms with E-state index in [-0.39, 0.29) is 11.7 Å². The molecule has 0 spiro atoms. The predicted octanol–water partition coefficient (Wildman–Crippen LogP) is 4.88. The molecule has 1 aromatic carbocycles. The molecule has 118 valence electrons. The van der Waals surface area contributed by atoms with Gasteiger partial charge in [-0.15, -0.1) is 0 Å². The Labute approximate surface area is 128 Å². The molecule has 1 rings (SSSR count). The topological polar surface area (TPSA) is 35.5 Å². The third-order valence-electron chi connectivity index (χ3n) is 3.51. The van der Waals surface area contributed by atoms with Crippen molar-refractivity contribution >= 4 is 5.78 Å². The van der Waals surface area contributed by atoms with Crippen LogP contribution in [0.25, 0.3) is 0 Å². The molecule has 0 radical (unpaired) electrons. The number of Topliss-reactive ketones (excluding diaryl/α,β-unsaturated/α-hetero) is 1. The minimum absolute atomic E-state index is 0.0893. The number of rotatable bonds is 10. The highest BCUT2D eigenvalue weighted by Crippen LogP contribution is 2.30. The van der Waals surface area contributed by atoms with Crippen LogP contribution >= 0.6 is 0 Å². The Morgan fingerprint density at radius 2 is 1.52 bits per heavy atom. The van der Waals surface area contributed by atoms with E-state index in [0.717, 1.165) is 37.0 Å². The minimum atomic E-state index is 0.0893. The molecule has 0 aromatic heterocycles. The van der Waals surface area contributed by atoms with Gasteiger partial charge < -0.3 is 9.47 Å². The zero-order valence-electron chi connectivity index (χ0n) is 13.8. The summed E-state index contributed by atoms with van der Waals surface area (Å²) in [6.07, 6.45) is 3.61. The molecule has 0 saturated carbocycles. The number of carbonyl (C=O) groups excluding carboxylic acids is 1. The lowest BCUT2D eigenvalue weighted by Gasteiger charge is -2.15. The lowest BCUT2D eigenvalue weighted by Crippen LogP contribution is -2.13. The Hall–Kier alpha value is -1.51. The van der Waals surface area contributed by atoms with E-state index in [9.17, 15) is 4.79 Å². The van der Waals surface area contributed by atoms with Crippen LogP contribution in [-0.4, -0.2) is 19.0 Å². The average molecular weight is 292 g/mol. The number of hydrogen-bond donors (Lipinski definition) is 0. The monoisotopic (exact) mass is 292 g/mol. The lowest BCUT2D eigenvalue weighted by atomic mass is 9.93. The number of ketones is 1. The van der Waals surface area contributed by atoms with Crippen LogP contribution in [0.2, 0.25) is 0 Å². The molecule has 0 heterocycles. The fourth-order valence-electron chi connectivity index (χ4n) is 2.21. The van der Waals surface area contributed by atoms with E-state index >= 15 is 0 Å². The van der Waals surface area contributed by atoms with Crippen LogP contribution in [0.5, 0.6) is 11.5 Å². The van der Waals surface area contributed by atoms with E-state index in [1.807, 2.05) is 18.2 Å². The quantitative estimate of drug-likeness (QED) is 0.576. The van der Waals surface area contributed by atoms with Gasteiger partial charge in [-0.25, -0.2) is 0 Å². The molecule has 0 bridgehead atoms. The molecule has 0 amide bonds. The highest BCUT2D eigenvalue weighted by atomic mass is 16.5. The maximum absolute atomic E-state index is 12.5. The van der Waals surface area contributed by atoms with Gasteiger partial charge in [0.1, 0.15) is 0 Å². The summed E-state index contributed by atoms with van der Waals surface area (Å²) in [6, 6.07) is 5.54. The van der Waals surface area contributed by atoms with Crippen molar-refractivity contribution in [2.45, 2.75) is 53.4 Å². The second kappa shape index (κ2) is 9.43. The summed E-state index contributed by atoms with van der Waals surface area (Å²) in [7, 11) is 0. The van der Waals surface area contributed by atoms with Gasteiger partial charge in [0.25, 0.3) is 0 Å². The van der Waals surface area contributed by atoms with Gasteiger partial charge in [0.05, 0.1) is 13.2 Å². The van der Waals surface area contributed by atoms with E-state index < -0.39 is 0 Å². The Bertz CT molecular complexity index is 436. The molecule has 0 fully saturated rings. The molecule has 0 atom stereocenters. The van der Waals surface area contributed by atoms with Crippen LogP contribution in [0, 0.1) is 5.92 Å². The molecular weight excluding hydrogens is 264 g/mol. The highest BCUT2D eigenvalue weighted by molar-refractivity contribution is 5.98. The van der Waals surface area contributed by atoms with Crippen LogP contribution in [-0.2, 0) is 0 Å². The molecule has 3 nitrogen and oxygen atoms in total. The third-order valence-corrected chi connectivity index (χ3v) is 3.51. The standard InChI is InChI=1S/C18H28O3/c1-5-11-20-16-10-9-15(13-17(16)21-12-6-2)18(19)14(7-3)8-4/h9-10,13-14H,5-8,11-12H2,1-4H3. The molecule has 0 unspecified atom stereocenters. The van der Waals surface area contributed by atoms with Crippen LogP contribution in [0.3, 0.4) is 0 Å². The Balaban J connectivity index is 2.99. The van der Waals surface area contributed by atoms with Crippen molar-refractivity contribution in [2.75, 3.05) is 13.2 Å². The average Bonchev–Trinajstić information content (AvgIpc) is 2.52. The first-order chi connectivity index (χ1) is 10.2. The molecule has 0 aliphatic heterocycles. The van der Waals surface area contributed by atoms with Crippen molar-refractivity contribution in [1.29, 1.82) is 0 Å². The first-order valence-corrected chi connectivity index (χ1v) is 8.11. The molecule has 3 heteroatoms. The van der Waals surface area contributed by atoms with Crippen molar-refractivity contribution in [3.05, 3.63) is 23.8 Å². The summed E-state index contributed by atoms with van der Waals surface area (Å²) in [6.45, 7) is 9.52. The fraction of sp³-hybridized carbons (Fsp3) is 0.611. The Morgan fingerprint density at radius 3 is 2.05 bits per heavy atom.